The summed E-state index contributed by atoms with van der Waals surface area (Å²) < 4.78 is 17.8. The van der Waals surface area contributed by atoms with Gasteiger partial charge in [0.2, 0.25) is 0 Å². The Kier molecular flexibility index (Phi) is 3.62. The highest BCUT2D eigenvalue weighted by Gasteiger charge is 2.12. The number of halogens is 1. The number of hydrogen-bond acceptors (Lipinski definition) is 4. The molecule has 0 spiro atoms. The molecule has 0 aliphatic carbocycles. The molecule has 0 atom stereocenters. The van der Waals surface area contributed by atoms with Crippen molar-refractivity contribution in [1.29, 1.82) is 0 Å². The average Bonchev–Trinajstić information content (AvgIpc) is 2.69. The lowest BCUT2D eigenvalue weighted by molar-refractivity contribution is 0.0478. The van der Waals surface area contributed by atoms with Crippen LogP contribution in [-0.2, 0) is 11.3 Å². The molecule has 0 aliphatic rings. The maximum Gasteiger partial charge on any atom is 0.348 e. The summed E-state index contributed by atoms with van der Waals surface area (Å²) in [4.78, 5) is 13.1. The molecule has 1 aromatic heterocycles. The molecule has 18 heavy (non-hydrogen) atoms. The topological polar surface area (TPSA) is 52.3 Å². The molecule has 0 amide bonds. The lowest BCUT2D eigenvalue weighted by Gasteiger charge is -2.03. The van der Waals surface area contributed by atoms with Gasteiger partial charge >= 0.3 is 5.97 Å². The summed E-state index contributed by atoms with van der Waals surface area (Å²) in [6.07, 6.45) is 0. The van der Waals surface area contributed by atoms with Crippen molar-refractivity contribution in [3.63, 3.8) is 0 Å². The van der Waals surface area contributed by atoms with E-state index in [4.69, 9.17) is 10.5 Å². The van der Waals surface area contributed by atoms with Gasteiger partial charge in [-0.25, -0.2) is 9.18 Å². The molecule has 0 saturated carbocycles. The van der Waals surface area contributed by atoms with Crippen molar-refractivity contribution in [3.05, 3.63) is 51.5 Å². The van der Waals surface area contributed by atoms with E-state index in [2.05, 4.69) is 0 Å². The van der Waals surface area contributed by atoms with Gasteiger partial charge in [-0.15, -0.1) is 11.3 Å². The van der Waals surface area contributed by atoms with Gasteiger partial charge in [0.05, 0.1) is 0 Å². The fourth-order valence-electron chi connectivity index (χ4n) is 1.40. The first-order chi connectivity index (χ1) is 8.56. The van der Waals surface area contributed by atoms with Crippen LogP contribution in [0.3, 0.4) is 0 Å². The second kappa shape index (κ2) is 5.18. The molecule has 1 aromatic carbocycles. The first-order valence-electron chi connectivity index (χ1n) is 5.34. The maximum absolute atomic E-state index is 12.7. The maximum atomic E-state index is 12.7. The molecule has 0 aliphatic heterocycles. The van der Waals surface area contributed by atoms with Crippen molar-refractivity contribution in [2.45, 2.75) is 13.5 Å². The molecule has 5 heteroatoms. The van der Waals surface area contributed by atoms with Crippen LogP contribution < -0.4 is 5.73 Å². The molecule has 0 bridgehead atoms. The Morgan fingerprint density at radius 1 is 1.39 bits per heavy atom. The molecule has 94 valence electrons. The second-order valence-corrected chi connectivity index (χ2v) is 5.08. The van der Waals surface area contributed by atoms with Gasteiger partial charge in [-0.05, 0) is 30.7 Å². The first kappa shape index (κ1) is 12.6. The number of carbonyl (C=O) groups is 1. The number of carbonyl (C=O) groups excluding carboxylic acids is 1. The molecule has 2 aromatic rings. The summed E-state index contributed by atoms with van der Waals surface area (Å²) in [5.74, 6) is -0.726. The SMILES string of the molecule is Cc1sc(C(=O)OCc2ccc(F)cc2)cc1N. The summed E-state index contributed by atoms with van der Waals surface area (Å²) in [6, 6.07) is 7.42. The van der Waals surface area contributed by atoms with E-state index >= 15 is 0 Å². The zero-order valence-corrected chi connectivity index (χ0v) is 10.6. The molecule has 1 heterocycles. The summed E-state index contributed by atoms with van der Waals surface area (Å²) in [7, 11) is 0. The van der Waals surface area contributed by atoms with Crippen LogP contribution in [0.1, 0.15) is 20.1 Å². The van der Waals surface area contributed by atoms with Crippen molar-refractivity contribution in [2.75, 3.05) is 5.73 Å². The van der Waals surface area contributed by atoms with Crippen molar-refractivity contribution < 1.29 is 13.9 Å². The Balaban J connectivity index is 1.98. The number of benzene rings is 1. The molecule has 2 N–H and O–H groups in total. The largest absolute Gasteiger partial charge is 0.457 e. The van der Waals surface area contributed by atoms with Gasteiger partial charge in [-0.2, -0.15) is 0 Å². The molecule has 2 rings (SSSR count). The monoisotopic (exact) mass is 265 g/mol. The van der Waals surface area contributed by atoms with Crippen molar-refractivity contribution in [1.82, 2.24) is 0 Å². The third-order valence-electron chi connectivity index (χ3n) is 2.44. The Labute approximate surface area is 108 Å². The quantitative estimate of drug-likeness (QED) is 0.867. The number of ether oxygens (including phenoxy) is 1. The van der Waals surface area contributed by atoms with Gasteiger partial charge in [-0.3, -0.25) is 0 Å². The van der Waals surface area contributed by atoms with Gasteiger partial charge < -0.3 is 10.5 Å². The standard InChI is InChI=1S/C13H12FNO2S/c1-8-11(15)6-12(18-8)13(16)17-7-9-2-4-10(14)5-3-9/h2-6H,7,15H2,1H3. The normalized spacial score (nSPS) is 10.3. The second-order valence-electron chi connectivity index (χ2n) is 3.82. The summed E-state index contributed by atoms with van der Waals surface area (Å²) in [6.45, 7) is 1.96. The molecule has 0 unspecified atom stereocenters. The lowest BCUT2D eigenvalue weighted by Crippen LogP contribution is -2.03. The fraction of sp³-hybridized carbons (Fsp3) is 0.154. The summed E-state index contributed by atoms with van der Waals surface area (Å²) in [5, 5.41) is 0. The van der Waals surface area contributed by atoms with Gasteiger partial charge in [-0.1, -0.05) is 12.1 Å². The van der Waals surface area contributed by atoms with E-state index in [1.165, 1.54) is 23.5 Å². The van der Waals surface area contributed by atoms with Gasteiger partial charge in [0.1, 0.15) is 17.3 Å². The molecule has 3 nitrogen and oxygen atoms in total. The smallest absolute Gasteiger partial charge is 0.348 e. The number of thiophene rings is 1. The van der Waals surface area contributed by atoms with E-state index in [1.807, 2.05) is 6.92 Å². The van der Waals surface area contributed by atoms with Crippen molar-refractivity contribution >= 4 is 23.0 Å². The van der Waals surface area contributed by atoms with Crippen molar-refractivity contribution in [3.8, 4) is 0 Å². The van der Waals surface area contributed by atoms with Crippen LogP contribution in [0.5, 0.6) is 0 Å². The molecular weight excluding hydrogens is 253 g/mol. The molecule has 0 saturated heterocycles. The Bertz CT molecular complexity index is 543. The van der Waals surface area contributed by atoms with E-state index < -0.39 is 5.97 Å². The van der Waals surface area contributed by atoms with Crippen LogP contribution in [0.2, 0.25) is 0 Å². The van der Waals surface area contributed by atoms with E-state index in [0.29, 0.717) is 10.6 Å². The van der Waals surface area contributed by atoms with E-state index in [0.717, 1.165) is 10.4 Å². The molecular formula is C13H12FNO2S. The minimum atomic E-state index is -0.413. The van der Waals surface area contributed by atoms with Crippen molar-refractivity contribution in [2.24, 2.45) is 0 Å². The third-order valence-corrected chi connectivity index (χ3v) is 3.49. The van der Waals surface area contributed by atoms with Gasteiger partial charge in [0.15, 0.2) is 0 Å². The van der Waals surface area contributed by atoms with Crippen LogP contribution in [0.25, 0.3) is 0 Å². The summed E-state index contributed by atoms with van der Waals surface area (Å²) in [5.41, 5.74) is 7.00. The highest BCUT2D eigenvalue weighted by atomic mass is 32.1. The number of nitrogens with two attached hydrogens (primary N) is 1. The molecule has 0 radical (unpaired) electrons. The van der Waals surface area contributed by atoms with Gasteiger partial charge in [0.25, 0.3) is 0 Å². The predicted molar refractivity (Wildman–Crippen MR) is 69.0 cm³/mol. The zero-order valence-electron chi connectivity index (χ0n) is 9.77. The number of anilines is 1. The fourth-order valence-corrected chi connectivity index (χ4v) is 2.23. The summed E-state index contributed by atoms with van der Waals surface area (Å²) >= 11 is 1.30. The van der Waals surface area contributed by atoms with Crippen LogP contribution in [0.4, 0.5) is 10.1 Å². The zero-order chi connectivity index (χ0) is 13.1. The minimum Gasteiger partial charge on any atom is -0.457 e. The Morgan fingerprint density at radius 3 is 2.61 bits per heavy atom. The lowest BCUT2D eigenvalue weighted by atomic mass is 10.2. The number of rotatable bonds is 3. The number of esters is 1. The Hall–Kier alpha value is -1.88. The van der Waals surface area contributed by atoms with Crippen LogP contribution in [-0.4, -0.2) is 5.97 Å². The van der Waals surface area contributed by atoms with E-state index in [9.17, 15) is 9.18 Å². The Morgan fingerprint density at radius 2 is 2.06 bits per heavy atom. The van der Waals surface area contributed by atoms with Crippen LogP contribution >= 0.6 is 11.3 Å². The first-order valence-corrected chi connectivity index (χ1v) is 6.15. The highest BCUT2D eigenvalue weighted by molar-refractivity contribution is 7.14. The van der Waals surface area contributed by atoms with Gasteiger partial charge in [0, 0.05) is 10.6 Å². The van der Waals surface area contributed by atoms with Crippen LogP contribution in [0, 0.1) is 12.7 Å². The van der Waals surface area contributed by atoms with E-state index in [1.54, 1.807) is 18.2 Å². The number of aryl methyl sites for hydroxylation is 1. The minimum absolute atomic E-state index is 0.121. The molecule has 0 fully saturated rings. The van der Waals surface area contributed by atoms with Crippen LogP contribution in [0.15, 0.2) is 30.3 Å². The number of nitrogen functional groups attached to an aromatic ring is 1. The highest BCUT2D eigenvalue weighted by Crippen LogP contribution is 2.24. The van der Waals surface area contributed by atoms with E-state index in [-0.39, 0.29) is 12.4 Å². The predicted octanol–water partition coefficient (Wildman–Crippen LogP) is 3.13. The number of hydrogen-bond donors (Lipinski definition) is 1. The average molecular weight is 265 g/mol. The third kappa shape index (κ3) is 2.87.